The number of para-hydroxylation sites is 1. The maximum Gasteiger partial charge on any atom is 0.230 e. The van der Waals surface area contributed by atoms with Gasteiger partial charge in [-0.2, -0.15) is 0 Å². The van der Waals surface area contributed by atoms with Crippen molar-refractivity contribution in [3.8, 4) is 0 Å². The zero-order chi connectivity index (χ0) is 19.2. The van der Waals surface area contributed by atoms with Gasteiger partial charge in [-0.1, -0.05) is 59.8 Å². The fourth-order valence-corrected chi connectivity index (χ4v) is 3.65. The zero-order valence-electron chi connectivity index (χ0n) is 15.3. The summed E-state index contributed by atoms with van der Waals surface area (Å²) >= 11 is 7.55. The molecule has 1 amide bonds. The number of rotatable bonds is 7. The van der Waals surface area contributed by atoms with Gasteiger partial charge in [0, 0.05) is 17.0 Å². The van der Waals surface area contributed by atoms with Crippen molar-refractivity contribution in [3.63, 3.8) is 0 Å². The van der Waals surface area contributed by atoms with Crippen LogP contribution in [0.25, 0.3) is 10.9 Å². The van der Waals surface area contributed by atoms with Gasteiger partial charge in [0.2, 0.25) is 5.91 Å². The molecular formula is C20H21ClN4OS. The first-order valence-electron chi connectivity index (χ1n) is 8.56. The number of nitrogens with one attached hydrogen (secondary N) is 1. The average molecular weight is 401 g/mol. The van der Waals surface area contributed by atoms with Gasteiger partial charge in [0.15, 0.2) is 0 Å². The summed E-state index contributed by atoms with van der Waals surface area (Å²) in [4.78, 5) is 23.6. The van der Waals surface area contributed by atoms with Gasteiger partial charge in [-0.05, 0) is 31.8 Å². The number of hydrogen-bond donors (Lipinski definition) is 1. The summed E-state index contributed by atoms with van der Waals surface area (Å²) in [5.41, 5.74) is 1.79. The molecule has 0 aliphatic rings. The maximum atomic E-state index is 12.3. The van der Waals surface area contributed by atoms with Crippen molar-refractivity contribution in [3.05, 3.63) is 64.9 Å². The molecule has 0 unspecified atom stereocenters. The van der Waals surface area contributed by atoms with Crippen LogP contribution in [0.15, 0.2) is 53.6 Å². The fraction of sp³-hybridized carbons (Fsp3) is 0.250. The molecule has 5 nitrogen and oxygen atoms in total. The van der Waals surface area contributed by atoms with Crippen LogP contribution >= 0.6 is 23.4 Å². The highest BCUT2D eigenvalue weighted by Gasteiger charge is 2.11. The predicted molar refractivity (Wildman–Crippen MR) is 111 cm³/mol. The first-order chi connectivity index (χ1) is 13.0. The third-order valence-electron chi connectivity index (χ3n) is 3.85. The monoisotopic (exact) mass is 400 g/mol. The lowest BCUT2D eigenvalue weighted by Gasteiger charge is -2.12. The van der Waals surface area contributed by atoms with E-state index in [1.807, 2.05) is 67.5 Å². The lowest BCUT2D eigenvalue weighted by atomic mass is 10.2. The highest BCUT2D eigenvalue weighted by atomic mass is 35.5. The standard InChI is InChI=1S/C20H21ClN4OS/c1-25(2)12-18-23-17-10-6-4-8-15(17)20(24-18)27-13-19(26)22-11-14-7-3-5-9-16(14)21/h3-10H,11-13H2,1-2H3,(H,22,26). The third kappa shape index (κ3) is 5.42. The molecule has 1 heterocycles. The number of amides is 1. The number of nitrogens with zero attached hydrogens (tertiary/aromatic N) is 3. The molecule has 1 aromatic heterocycles. The van der Waals surface area contributed by atoms with E-state index >= 15 is 0 Å². The van der Waals surface area contributed by atoms with Gasteiger partial charge < -0.3 is 10.2 Å². The summed E-state index contributed by atoms with van der Waals surface area (Å²) in [7, 11) is 3.96. The van der Waals surface area contributed by atoms with Crippen LogP contribution in [0.3, 0.4) is 0 Å². The molecule has 0 radical (unpaired) electrons. The van der Waals surface area contributed by atoms with Gasteiger partial charge in [0.25, 0.3) is 0 Å². The largest absolute Gasteiger partial charge is 0.351 e. The molecule has 0 aliphatic carbocycles. The molecule has 1 N–H and O–H groups in total. The summed E-state index contributed by atoms with van der Waals surface area (Å²) in [5.74, 6) is 0.974. The number of hydrogen-bond acceptors (Lipinski definition) is 5. The van der Waals surface area contributed by atoms with Gasteiger partial charge in [-0.3, -0.25) is 4.79 Å². The second-order valence-corrected chi connectivity index (χ2v) is 7.73. The van der Waals surface area contributed by atoms with Crippen molar-refractivity contribution in [1.82, 2.24) is 20.2 Å². The smallest absolute Gasteiger partial charge is 0.230 e. The Kier molecular flexibility index (Phi) is 6.66. The van der Waals surface area contributed by atoms with E-state index in [9.17, 15) is 4.79 Å². The Bertz CT molecular complexity index is 948. The number of fused-ring (bicyclic) bond motifs is 1. The van der Waals surface area contributed by atoms with Crippen LogP contribution in [0.1, 0.15) is 11.4 Å². The van der Waals surface area contributed by atoms with Gasteiger partial charge in [0.1, 0.15) is 10.9 Å². The maximum absolute atomic E-state index is 12.3. The van der Waals surface area contributed by atoms with E-state index in [-0.39, 0.29) is 11.7 Å². The van der Waals surface area contributed by atoms with Crippen LogP contribution in [0.4, 0.5) is 0 Å². The Morgan fingerprint density at radius 1 is 1.11 bits per heavy atom. The number of carbonyl (C=O) groups excluding carboxylic acids is 1. The summed E-state index contributed by atoms with van der Waals surface area (Å²) < 4.78 is 0. The van der Waals surface area contributed by atoms with Crippen molar-refractivity contribution in [1.29, 1.82) is 0 Å². The second-order valence-electron chi connectivity index (χ2n) is 6.36. The summed E-state index contributed by atoms with van der Waals surface area (Å²) in [6, 6.07) is 15.4. The Balaban J connectivity index is 1.68. The van der Waals surface area contributed by atoms with Crippen LogP contribution in [0.2, 0.25) is 5.02 Å². The molecule has 7 heteroatoms. The van der Waals surface area contributed by atoms with E-state index < -0.39 is 0 Å². The molecule has 3 aromatic rings. The third-order valence-corrected chi connectivity index (χ3v) is 5.21. The lowest BCUT2D eigenvalue weighted by Crippen LogP contribution is -2.24. The van der Waals surface area contributed by atoms with E-state index in [1.165, 1.54) is 11.8 Å². The van der Waals surface area contributed by atoms with Gasteiger partial charge in [0.05, 0.1) is 17.8 Å². The van der Waals surface area contributed by atoms with E-state index in [0.717, 1.165) is 27.3 Å². The minimum atomic E-state index is -0.0585. The van der Waals surface area contributed by atoms with Gasteiger partial charge in [-0.25, -0.2) is 9.97 Å². The number of carbonyl (C=O) groups is 1. The van der Waals surface area contributed by atoms with E-state index in [2.05, 4.69) is 15.3 Å². The van der Waals surface area contributed by atoms with E-state index in [0.29, 0.717) is 18.1 Å². The summed E-state index contributed by atoms with van der Waals surface area (Å²) in [6.45, 7) is 1.06. The van der Waals surface area contributed by atoms with Crippen molar-refractivity contribution < 1.29 is 4.79 Å². The molecular weight excluding hydrogens is 380 g/mol. The molecule has 0 atom stereocenters. The van der Waals surface area contributed by atoms with Crippen molar-refractivity contribution >= 4 is 40.2 Å². The SMILES string of the molecule is CN(C)Cc1nc(SCC(=O)NCc2ccccc2Cl)c2ccccc2n1. The van der Waals surface area contributed by atoms with Crippen LogP contribution < -0.4 is 5.32 Å². The number of benzene rings is 2. The Morgan fingerprint density at radius 3 is 2.63 bits per heavy atom. The highest BCUT2D eigenvalue weighted by molar-refractivity contribution is 8.00. The molecule has 3 rings (SSSR count). The molecule has 2 aromatic carbocycles. The highest BCUT2D eigenvalue weighted by Crippen LogP contribution is 2.25. The molecule has 0 saturated heterocycles. The minimum Gasteiger partial charge on any atom is -0.351 e. The molecule has 0 aliphatic heterocycles. The summed E-state index contributed by atoms with van der Waals surface area (Å²) in [5, 5.41) is 5.35. The molecule has 27 heavy (non-hydrogen) atoms. The summed E-state index contributed by atoms with van der Waals surface area (Å²) in [6.07, 6.45) is 0. The Hall–Kier alpha value is -2.15. The predicted octanol–water partition coefficient (Wildman–Crippen LogP) is 3.75. The van der Waals surface area contributed by atoms with E-state index in [1.54, 1.807) is 0 Å². The second kappa shape index (κ2) is 9.17. The topological polar surface area (TPSA) is 58.1 Å². The zero-order valence-corrected chi connectivity index (χ0v) is 16.8. The van der Waals surface area contributed by atoms with Crippen molar-refractivity contribution in [2.45, 2.75) is 18.1 Å². The van der Waals surface area contributed by atoms with E-state index in [4.69, 9.17) is 11.6 Å². The van der Waals surface area contributed by atoms with Crippen molar-refractivity contribution in [2.24, 2.45) is 0 Å². The van der Waals surface area contributed by atoms with Gasteiger partial charge >= 0.3 is 0 Å². The first-order valence-corrected chi connectivity index (χ1v) is 9.92. The number of thioether (sulfide) groups is 1. The lowest BCUT2D eigenvalue weighted by molar-refractivity contribution is -0.118. The first kappa shape index (κ1) is 19.6. The molecule has 0 saturated carbocycles. The Morgan fingerprint density at radius 2 is 1.85 bits per heavy atom. The molecule has 0 spiro atoms. The number of aromatic nitrogens is 2. The average Bonchev–Trinajstić information content (AvgIpc) is 2.65. The van der Waals surface area contributed by atoms with Gasteiger partial charge in [-0.15, -0.1) is 0 Å². The molecule has 0 bridgehead atoms. The Labute approximate surface area is 168 Å². The fourth-order valence-electron chi connectivity index (χ4n) is 2.58. The van der Waals surface area contributed by atoms with Crippen LogP contribution in [0, 0.1) is 0 Å². The molecule has 140 valence electrons. The van der Waals surface area contributed by atoms with Crippen LogP contribution in [0.5, 0.6) is 0 Å². The van der Waals surface area contributed by atoms with Crippen molar-refractivity contribution in [2.75, 3.05) is 19.8 Å². The minimum absolute atomic E-state index is 0.0585. The normalized spacial score (nSPS) is 11.1. The molecule has 0 fully saturated rings. The van der Waals surface area contributed by atoms with Crippen LogP contribution in [-0.2, 0) is 17.9 Å². The quantitative estimate of drug-likeness (QED) is 0.483. The number of halogens is 1. The van der Waals surface area contributed by atoms with Crippen LogP contribution in [-0.4, -0.2) is 40.6 Å².